The number of benzene rings is 2. The summed E-state index contributed by atoms with van der Waals surface area (Å²) in [6.45, 7) is 5.14. The van der Waals surface area contributed by atoms with Crippen LogP contribution in [0.3, 0.4) is 0 Å². The summed E-state index contributed by atoms with van der Waals surface area (Å²) in [7, 11) is 0. The van der Waals surface area contributed by atoms with Crippen LogP contribution in [-0.4, -0.2) is 91.2 Å². The molecule has 2 unspecified atom stereocenters. The molecular weight excluding hydrogens is 560 g/mol. The van der Waals surface area contributed by atoms with Gasteiger partial charge in [-0.2, -0.15) is 5.10 Å². The molecule has 1 aliphatic carbocycles. The van der Waals surface area contributed by atoms with Crippen LogP contribution >= 0.6 is 0 Å². The van der Waals surface area contributed by atoms with E-state index in [0.717, 1.165) is 75.7 Å². The molecular formula is C33H38N6O5. The van der Waals surface area contributed by atoms with Gasteiger partial charge in [-0.1, -0.05) is 12.1 Å². The molecule has 0 aromatic heterocycles. The molecule has 0 spiro atoms. The first-order valence-corrected chi connectivity index (χ1v) is 15.8. The molecule has 2 saturated heterocycles. The van der Waals surface area contributed by atoms with E-state index in [-0.39, 0.29) is 18.7 Å². The van der Waals surface area contributed by atoms with Gasteiger partial charge in [-0.3, -0.25) is 34.4 Å². The third kappa shape index (κ3) is 5.56. The highest BCUT2D eigenvalue weighted by Gasteiger charge is 2.44. The molecule has 44 heavy (non-hydrogen) atoms. The van der Waals surface area contributed by atoms with Crippen LogP contribution in [0.2, 0.25) is 0 Å². The van der Waals surface area contributed by atoms with Crippen LogP contribution in [0.5, 0.6) is 0 Å². The Bertz CT molecular complexity index is 1500. The summed E-state index contributed by atoms with van der Waals surface area (Å²) < 4.78 is 5.50. The smallest absolute Gasteiger partial charge is 0.262 e. The molecule has 2 atom stereocenters. The molecule has 230 valence electrons. The molecule has 0 radical (unpaired) electrons. The number of hydrazone groups is 1. The van der Waals surface area contributed by atoms with Crippen molar-refractivity contribution < 1.29 is 23.9 Å². The minimum atomic E-state index is -0.952. The first-order chi connectivity index (χ1) is 21.4. The molecule has 11 nitrogen and oxygen atoms in total. The van der Waals surface area contributed by atoms with Crippen molar-refractivity contribution >= 4 is 41.2 Å². The molecule has 7 rings (SSSR count). The van der Waals surface area contributed by atoms with Gasteiger partial charge >= 0.3 is 0 Å². The fourth-order valence-corrected chi connectivity index (χ4v) is 7.05. The topological polar surface area (TPSA) is 124 Å². The molecule has 1 saturated carbocycles. The van der Waals surface area contributed by atoms with Gasteiger partial charge in [0, 0.05) is 62.1 Å². The van der Waals surface area contributed by atoms with Crippen molar-refractivity contribution in [2.45, 2.75) is 56.5 Å². The number of nitrogens with zero attached hydrogens (tertiary/aromatic N) is 4. The van der Waals surface area contributed by atoms with E-state index in [4.69, 9.17) is 9.84 Å². The van der Waals surface area contributed by atoms with Crippen LogP contribution in [0.15, 0.2) is 47.6 Å². The van der Waals surface area contributed by atoms with E-state index in [2.05, 4.69) is 51.0 Å². The van der Waals surface area contributed by atoms with Gasteiger partial charge in [-0.15, -0.1) is 0 Å². The average Bonchev–Trinajstić information content (AvgIpc) is 3.60. The number of piperidine rings is 1. The van der Waals surface area contributed by atoms with Gasteiger partial charge in [0.25, 0.3) is 11.8 Å². The second kappa shape index (κ2) is 12.0. The number of hydrogen-bond acceptors (Lipinski definition) is 9. The third-order valence-corrected chi connectivity index (χ3v) is 9.64. The molecule has 11 heteroatoms. The number of fused-ring (bicyclic) bond motifs is 1. The first kappa shape index (κ1) is 28.5. The molecule has 5 aliphatic rings. The lowest BCUT2D eigenvalue weighted by atomic mass is 9.77. The largest absolute Gasteiger partial charge is 0.385 e. The fraction of sp³-hybridized carbons (Fsp3) is 0.485. The van der Waals surface area contributed by atoms with E-state index >= 15 is 0 Å². The summed E-state index contributed by atoms with van der Waals surface area (Å²) in [5, 5.41) is 12.7. The Kier molecular flexibility index (Phi) is 7.80. The zero-order valence-corrected chi connectivity index (χ0v) is 24.7. The van der Waals surface area contributed by atoms with E-state index in [1.807, 2.05) is 0 Å². The summed E-state index contributed by atoms with van der Waals surface area (Å²) in [5.41, 5.74) is 3.95. The highest BCUT2D eigenvalue weighted by atomic mass is 16.5. The van der Waals surface area contributed by atoms with Gasteiger partial charge in [0.2, 0.25) is 11.8 Å². The van der Waals surface area contributed by atoms with Crippen molar-refractivity contribution in [3.63, 3.8) is 0 Å². The van der Waals surface area contributed by atoms with E-state index < -0.39 is 23.8 Å². The number of amides is 4. The SMILES string of the molecule is O=C1CCC(N2C(=O)c3ccc(NCCCC4CC(N5CC(c6cccc(N7CCOCC7)c6)C=N5)C4)cc3C2=O)C(=O)N1. The molecule has 4 amide bonds. The lowest BCUT2D eigenvalue weighted by Gasteiger charge is -2.40. The summed E-state index contributed by atoms with van der Waals surface area (Å²) in [4.78, 5) is 53.1. The van der Waals surface area contributed by atoms with Gasteiger partial charge in [0.1, 0.15) is 6.04 Å². The van der Waals surface area contributed by atoms with Crippen LogP contribution in [0, 0.1) is 5.92 Å². The second-order valence-corrected chi connectivity index (χ2v) is 12.5. The number of imide groups is 2. The molecule has 3 fully saturated rings. The second-order valence-electron chi connectivity index (χ2n) is 12.5. The van der Waals surface area contributed by atoms with Crippen molar-refractivity contribution in [3.8, 4) is 0 Å². The predicted octanol–water partition coefficient (Wildman–Crippen LogP) is 2.98. The van der Waals surface area contributed by atoms with Gasteiger partial charge in [0.15, 0.2) is 0 Å². The Balaban J connectivity index is 0.845. The number of rotatable bonds is 9. The maximum atomic E-state index is 13.1. The molecule has 4 heterocycles. The lowest BCUT2D eigenvalue weighted by Crippen LogP contribution is -2.54. The maximum Gasteiger partial charge on any atom is 0.262 e. The highest BCUT2D eigenvalue weighted by Crippen LogP contribution is 2.38. The van der Waals surface area contributed by atoms with Crippen LogP contribution in [0.25, 0.3) is 0 Å². The predicted molar refractivity (Wildman–Crippen MR) is 165 cm³/mol. The van der Waals surface area contributed by atoms with E-state index in [0.29, 0.717) is 29.0 Å². The zero-order valence-electron chi connectivity index (χ0n) is 24.7. The van der Waals surface area contributed by atoms with E-state index in [9.17, 15) is 19.2 Å². The number of hydrogen-bond donors (Lipinski definition) is 2. The normalized spacial score (nSPS) is 26.6. The number of anilines is 2. The monoisotopic (exact) mass is 598 g/mol. The first-order valence-electron chi connectivity index (χ1n) is 15.8. The van der Waals surface area contributed by atoms with Crippen molar-refractivity contribution in [2.75, 3.05) is 49.6 Å². The summed E-state index contributed by atoms with van der Waals surface area (Å²) in [6, 6.07) is 13.6. The molecule has 2 aromatic rings. The van der Waals surface area contributed by atoms with Crippen LogP contribution in [0.1, 0.15) is 70.7 Å². The van der Waals surface area contributed by atoms with Gasteiger partial charge in [-0.05, 0) is 73.9 Å². The number of ether oxygens (including phenoxy) is 1. The highest BCUT2D eigenvalue weighted by molar-refractivity contribution is 6.23. The summed E-state index contributed by atoms with van der Waals surface area (Å²) >= 11 is 0. The number of carbonyl (C=O) groups excluding carboxylic acids is 4. The molecule has 0 bridgehead atoms. The maximum absolute atomic E-state index is 13.1. The zero-order chi connectivity index (χ0) is 30.2. The Morgan fingerprint density at radius 1 is 0.977 bits per heavy atom. The number of nitrogens with one attached hydrogen (secondary N) is 2. The lowest BCUT2D eigenvalue weighted by molar-refractivity contribution is -0.136. The molecule has 4 aliphatic heterocycles. The molecule has 2 N–H and O–H groups in total. The van der Waals surface area contributed by atoms with Gasteiger partial charge < -0.3 is 15.0 Å². The Labute approximate surface area is 256 Å². The Morgan fingerprint density at radius 2 is 1.80 bits per heavy atom. The Hall–Kier alpha value is -4.25. The minimum Gasteiger partial charge on any atom is -0.385 e. The number of morpholine rings is 1. The van der Waals surface area contributed by atoms with Gasteiger partial charge in [-0.25, -0.2) is 0 Å². The van der Waals surface area contributed by atoms with Crippen molar-refractivity contribution in [3.05, 3.63) is 59.2 Å². The average molecular weight is 599 g/mol. The summed E-state index contributed by atoms with van der Waals surface area (Å²) in [5.74, 6) is -0.947. The molecule has 2 aromatic carbocycles. The van der Waals surface area contributed by atoms with Crippen molar-refractivity contribution in [1.29, 1.82) is 0 Å². The van der Waals surface area contributed by atoms with Crippen molar-refractivity contribution in [2.24, 2.45) is 11.0 Å². The van der Waals surface area contributed by atoms with E-state index in [1.165, 1.54) is 11.3 Å². The number of carbonyl (C=O) groups is 4. The quantitative estimate of drug-likeness (QED) is 0.334. The Morgan fingerprint density at radius 3 is 2.61 bits per heavy atom. The standard InChI is InChI=1S/C33H38N6O5/c40-30-9-8-29(31(41)36-30)39-32(42)27-7-6-24(18-28(27)33(39)43)34-10-2-3-21-15-26(16-21)38-20-23(19-35-38)22-4-1-5-25(17-22)37-11-13-44-14-12-37/h1,4-7,17-19,21,23,26,29,34H,2-3,8-16,20H2,(H,36,40,41). The van der Waals surface area contributed by atoms with Crippen LogP contribution in [-0.2, 0) is 14.3 Å². The third-order valence-electron chi connectivity index (χ3n) is 9.64. The minimum absolute atomic E-state index is 0.105. The van der Waals surface area contributed by atoms with E-state index in [1.54, 1.807) is 18.2 Å². The summed E-state index contributed by atoms with van der Waals surface area (Å²) in [6.07, 6.45) is 6.80. The fourth-order valence-electron chi connectivity index (χ4n) is 7.05. The van der Waals surface area contributed by atoms with Gasteiger partial charge in [0.05, 0.1) is 24.3 Å². The van der Waals surface area contributed by atoms with Crippen molar-refractivity contribution in [1.82, 2.24) is 15.2 Å². The van der Waals surface area contributed by atoms with Crippen LogP contribution in [0.4, 0.5) is 11.4 Å². The van der Waals surface area contributed by atoms with Crippen LogP contribution < -0.4 is 15.5 Å².